The number of hydrogen-bond acceptors (Lipinski definition) is 4. The average molecular weight is 439 g/mol. The molecule has 0 spiro atoms. The van der Waals surface area contributed by atoms with Crippen LogP contribution >= 0.6 is 11.6 Å². The van der Waals surface area contributed by atoms with Crippen molar-refractivity contribution in [3.05, 3.63) is 74.7 Å². The van der Waals surface area contributed by atoms with Crippen molar-refractivity contribution in [2.45, 2.75) is 38.6 Å². The minimum Gasteiger partial charge on any atom is -0.369 e. The second-order valence-corrected chi connectivity index (χ2v) is 8.64. The molecule has 4 rings (SSSR count). The van der Waals surface area contributed by atoms with Crippen LogP contribution in [0.5, 0.6) is 0 Å². The molecular formula is C24H27ClN4O2. The number of aryl methyl sites for hydroxylation is 1. The van der Waals surface area contributed by atoms with Gasteiger partial charge in [0, 0.05) is 17.0 Å². The van der Waals surface area contributed by atoms with Gasteiger partial charge in [0.15, 0.2) is 0 Å². The molecule has 0 saturated carbocycles. The molecular weight excluding hydrogens is 412 g/mol. The molecule has 2 heterocycles. The number of fused-ring (bicyclic) bond motifs is 1. The van der Waals surface area contributed by atoms with Crippen molar-refractivity contribution in [2.75, 3.05) is 13.1 Å². The number of likely N-dealkylation sites (tertiary alicyclic amines) is 1. The molecule has 1 fully saturated rings. The normalized spacial score (nSPS) is 16.5. The van der Waals surface area contributed by atoms with Crippen molar-refractivity contribution >= 4 is 28.5 Å². The third-order valence-corrected chi connectivity index (χ3v) is 6.47. The van der Waals surface area contributed by atoms with Crippen LogP contribution in [0, 0.1) is 5.92 Å². The standard InChI is InChI=1S/C24H27ClN4O2/c1-2-19-24(31)28-21-13-15(3-8-20(21)27-19)14-22(16-4-6-18(25)7-5-16)29-11-9-17(10-12-29)23(26)30/h3-8,13,17,22H,2,9-12,14H2,1H3,(H2,26,30)(H,28,31). The fraction of sp³-hybridized carbons (Fsp3) is 0.375. The molecule has 1 aliphatic heterocycles. The second kappa shape index (κ2) is 9.20. The first-order chi connectivity index (χ1) is 14.9. The van der Waals surface area contributed by atoms with Crippen LogP contribution in [0.3, 0.4) is 0 Å². The number of halogens is 1. The molecule has 7 heteroatoms. The number of benzene rings is 2. The highest BCUT2D eigenvalue weighted by Crippen LogP contribution is 2.31. The molecule has 2 aromatic carbocycles. The van der Waals surface area contributed by atoms with Gasteiger partial charge in [0.2, 0.25) is 5.91 Å². The fourth-order valence-electron chi connectivity index (χ4n) is 4.40. The maximum atomic E-state index is 12.2. The van der Waals surface area contributed by atoms with Crippen LogP contribution in [0.25, 0.3) is 11.0 Å². The highest BCUT2D eigenvalue weighted by molar-refractivity contribution is 6.30. The number of carbonyl (C=O) groups is 1. The van der Waals surface area contributed by atoms with E-state index < -0.39 is 0 Å². The van der Waals surface area contributed by atoms with Gasteiger partial charge in [-0.25, -0.2) is 4.98 Å². The highest BCUT2D eigenvalue weighted by Gasteiger charge is 2.28. The number of nitrogens with zero attached hydrogens (tertiary/aromatic N) is 2. The van der Waals surface area contributed by atoms with Gasteiger partial charge in [-0.05, 0) is 74.2 Å². The van der Waals surface area contributed by atoms with Crippen LogP contribution in [0.4, 0.5) is 0 Å². The van der Waals surface area contributed by atoms with Crippen LogP contribution in [-0.4, -0.2) is 33.9 Å². The molecule has 6 nitrogen and oxygen atoms in total. The molecule has 1 aliphatic rings. The smallest absolute Gasteiger partial charge is 0.270 e. The monoisotopic (exact) mass is 438 g/mol. The van der Waals surface area contributed by atoms with E-state index >= 15 is 0 Å². The molecule has 1 amide bonds. The predicted molar refractivity (Wildman–Crippen MR) is 123 cm³/mol. The van der Waals surface area contributed by atoms with Gasteiger partial charge in [-0.3, -0.25) is 14.5 Å². The van der Waals surface area contributed by atoms with Crippen LogP contribution in [-0.2, 0) is 17.6 Å². The maximum absolute atomic E-state index is 12.2. The van der Waals surface area contributed by atoms with Crippen LogP contribution < -0.4 is 11.3 Å². The molecule has 3 aromatic rings. The number of primary amides is 1. The SMILES string of the molecule is CCc1nc2ccc(CC(c3ccc(Cl)cc3)N3CCC(C(N)=O)CC3)cc2[nH]c1=O. The third-order valence-electron chi connectivity index (χ3n) is 6.22. The zero-order valence-electron chi connectivity index (χ0n) is 17.6. The lowest BCUT2D eigenvalue weighted by Crippen LogP contribution is -2.41. The lowest BCUT2D eigenvalue weighted by molar-refractivity contribution is -0.123. The first kappa shape index (κ1) is 21.5. The molecule has 1 aromatic heterocycles. The summed E-state index contributed by atoms with van der Waals surface area (Å²) in [4.78, 5) is 33.7. The van der Waals surface area contributed by atoms with Crippen molar-refractivity contribution in [2.24, 2.45) is 11.7 Å². The number of nitrogens with one attached hydrogen (secondary N) is 1. The minimum atomic E-state index is -0.208. The summed E-state index contributed by atoms with van der Waals surface area (Å²) in [6.45, 7) is 3.55. The Balaban J connectivity index is 1.63. The van der Waals surface area contributed by atoms with Crippen LogP contribution in [0.15, 0.2) is 47.3 Å². The lowest BCUT2D eigenvalue weighted by atomic mass is 9.91. The Bertz CT molecular complexity index is 1130. The summed E-state index contributed by atoms with van der Waals surface area (Å²) in [6, 6.07) is 14.1. The number of amides is 1. The van der Waals surface area contributed by atoms with Gasteiger partial charge in [-0.15, -0.1) is 0 Å². The van der Waals surface area contributed by atoms with E-state index in [4.69, 9.17) is 17.3 Å². The molecule has 3 N–H and O–H groups in total. The van der Waals surface area contributed by atoms with E-state index in [0.29, 0.717) is 17.1 Å². The summed E-state index contributed by atoms with van der Waals surface area (Å²) in [5, 5.41) is 0.705. The second-order valence-electron chi connectivity index (χ2n) is 8.20. The molecule has 0 aliphatic carbocycles. The summed E-state index contributed by atoms with van der Waals surface area (Å²) in [5.41, 5.74) is 9.78. The molecule has 1 saturated heterocycles. The van der Waals surface area contributed by atoms with E-state index in [2.05, 4.69) is 33.1 Å². The first-order valence-electron chi connectivity index (χ1n) is 10.7. The molecule has 162 valence electrons. The summed E-state index contributed by atoms with van der Waals surface area (Å²) >= 11 is 6.12. The van der Waals surface area contributed by atoms with Crippen LogP contribution in [0.2, 0.25) is 5.02 Å². The van der Waals surface area contributed by atoms with Gasteiger partial charge in [-0.2, -0.15) is 0 Å². The van der Waals surface area contributed by atoms with Gasteiger partial charge in [0.25, 0.3) is 5.56 Å². The molecule has 0 bridgehead atoms. The highest BCUT2D eigenvalue weighted by atomic mass is 35.5. The summed E-state index contributed by atoms with van der Waals surface area (Å²) in [7, 11) is 0. The van der Waals surface area contributed by atoms with E-state index in [1.165, 1.54) is 5.56 Å². The summed E-state index contributed by atoms with van der Waals surface area (Å²) < 4.78 is 0. The van der Waals surface area contributed by atoms with Crippen molar-refractivity contribution < 1.29 is 4.79 Å². The Hall–Kier alpha value is -2.70. The average Bonchev–Trinajstić information content (AvgIpc) is 2.77. The molecule has 1 unspecified atom stereocenters. The molecule has 1 atom stereocenters. The van der Waals surface area contributed by atoms with Gasteiger partial charge >= 0.3 is 0 Å². The van der Waals surface area contributed by atoms with Gasteiger partial charge in [0.05, 0.1) is 11.0 Å². The lowest BCUT2D eigenvalue weighted by Gasteiger charge is -2.37. The quantitative estimate of drug-likeness (QED) is 0.614. The number of aromatic nitrogens is 2. The maximum Gasteiger partial charge on any atom is 0.270 e. The Morgan fingerprint density at radius 1 is 1.23 bits per heavy atom. The number of piperidine rings is 1. The van der Waals surface area contributed by atoms with Gasteiger partial charge < -0.3 is 10.7 Å². The van der Waals surface area contributed by atoms with E-state index in [1.807, 2.05) is 31.2 Å². The van der Waals surface area contributed by atoms with Crippen LogP contribution in [0.1, 0.15) is 42.6 Å². The summed E-state index contributed by atoms with van der Waals surface area (Å²) in [5.74, 6) is -0.258. The van der Waals surface area contributed by atoms with Gasteiger partial charge in [-0.1, -0.05) is 36.7 Å². The fourth-order valence-corrected chi connectivity index (χ4v) is 4.53. The number of nitrogens with two attached hydrogens (primary N) is 1. The number of aromatic amines is 1. The van der Waals surface area contributed by atoms with E-state index in [9.17, 15) is 9.59 Å². The Morgan fingerprint density at radius 2 is 1.94 bits per heavy atom. The molecule has 31 heavy (non-hydrogen) atoms. The Morgan fingerprint density at radius 3 is 2.58 bits per heavy atom. The Kier molecular flexibility index (Phi) is 6.39. The van der Waals surface area contributed by atoms with Crippen molar-refractivity contribution in [1.29, 1.82) is 0 Å². The Labute approximate surface area is 186 Å². The van der Waals surface area contributed by atoms with E-state index in [0.717, 1.165) is 48.9 Å². The van der Waals surface area contributed by atoms with Crippen molar-refractivity contribution in [3.63, 3.8) is 0 Å². The van der Waals surface area contributed by atoms with Crippen molar-refractivity contribution in [1.82, 2.24) is 14.9 Å². The number of carbonyl (C=O) groups excluding carboxylic acids is 1. The zero-order chi connectivity index (χ0) is 22.0. The number of H-pyrrole nitrogens is 1. The zero-order valence-corrected chi connectivity index (χ0v) is 18.4. The first-order valence-corrected chi connectivity index (χ1v) is 11.1. The topological polar surface area (TPSA) is 92.1 Å². The van der Waals surface area contributed by atoms with E-state index in [1.54, 1.807) is 0 Å². The number of hydrogen-bond donors (Lipinski definition) is 2. The van der Waals surface area contributed by atoms with Crippen molar-refractivity contribution in [3.8, 4) is 0 Å². The third kappa shape index (κ3) is 4.81. The minimum absolute atomic E-state index is 0.0494. The largest absolute Gasteiger partial charge is 0.369 e. The van der Waals surface area contributed by atoms with Gasteiger partial charge in [0.1, 0.15) is 5.69 Å². The molecule has 0 radical (unpaired) electrons. The van der Waals surface area contributed by atoms with E-state index in [-0.39, 0.29) is 23.4 Å². The number of rotatable bonds is 6. The summed E-state index contributed by atoms with van der Waals surface area (Å²) in [6.07, 6.45) is 2.92. The predicted octanol–water partition coefficient (Wildman–Crippen LogP) is 3.62.